The predicted molar refractivity (Wildman–Crippen MR) is 83.1 cm³/mol. The number of halogens is 1. The Morgan fingerprint density at radius 2 is 1.90 bits per heavy atom. The largest absolute Gasteiger partial charge is 0.478 e. The van der Waals surface area contributed by atoms with Crippen LogP contribution in [-0.4, -0.2) is 28.8 Å². The number of carbonyl (C=O) groups is 1. The number of hydrogen-bond acceptors (Lipinski definition) is 3. The molecule has 0 spiro atoms. The van der Waals surface area contributed by atoms with Crippen LogP contribution < -0.4 is 5.32 Å². The normalized spacial score (nSPS) is 11.9. The van der Waals surface area contributed by atoms with Gasteiger partial charge in [-0.2, -0.15) is 0 Å². The van der Waals surface area contributed by atoms with E-state index in [1.54, 1.807) is 12.1 Å². The van der Waals surface area contributed by atoms with Crippen molar-refractivity contribution < 1.29 is 15.0 Å². The van der Waals surface area contributed by atoms with Gasteiger partial charge in [0.2, 0.25) is 0 Å². The van der Waals surface area contributed by atoms with Crippen LogP contribution in [0.1, 0.15) is 15.9 Å². The Morgan fingerprint density at radius 3 is 2.48 bits per heavy atom. The summed E-state index contributed by atoms with van der Waals surface area (Å²) in [5, 5.41) is 21.7. The number of nitrogens with one attached hydrogen (secondary N) is 1. The molecule has 0 amide bonds. The Balaban J connectivity index is 2.08. The van der Waals surface area contributed by atoms with Gasteiger partial charge in [0.1, 0.15) is 0 Å². The zero-order valence-electron chi connectivity index (χ0n) is 11.3. The van der Waals surface area contributed by atoms with Gasteiger partial charge in [-0.05, 0) is 30.2 Å². The Labute approximate surface area is 128 Å². The molecule has 3 N–H and O–H groups in total. The first-order valence-electron chi connectivity index (χ1n) is 6.54. The zero-order valence-corrected chi connectivity index (χ0v) is 12.0. The lowest BCUT2D eigenvalue weighted by Crippen LogP contribution is -2.26. The van der Waals surface area contributed by atoms with Gasteiger partial charge < -0.3 is 15.5 Å². The van der Waals surface area contributed by atoms with Crippen LogP contribution in [0.5, 0.6) is 0 Å². The predicted octanol–water partition coefficient (Wildman–Crippen LogP) is 3.05. The molecule has 0 aromatic heterocycles. The van der Waals surface area contributed by atoms with Gasteiger partial charge in [-0.3, -0.25) is 0 Å². The fourth-order valence-electron chi connectivity index (χ4n) is 2.07. The number of aliphatic hydroxyl groups is 1. The van der Waals surface area contributed by atoms with Gasteiger partial charge in [-0.15, -0.1) is 0 Å². The summed E-state index contributed by atoms with van der Waals surface area (Å²) in [7, 11) is 0. The van der Waals surface area contributed by atoms with Crippen molar-refractivity contribution in [2.24, 2.45) is 0 Å². The maximum Gasteiger partial charge on any atom is 0.337 e. The lowest BCUT2D eigenvalue weighted by atomic mass is 10.1. The van der Waals surface area contributed by atoms with E-state index in [-0.39, 0.29) is 23.2 Å². The Hall–Kier alpha value is -2.04. The molecule has 4 nitrogen and oxygen atoms in total. The first kappa shape index (κ1) is 15.4. The van der Waals surface area contributed by atoms with E-state index in [1.807, 2.05) is 30.3 Å². The molecule has 5 heteroatoms. The van der Waals surface area contributed by atoms with Gasteiger partial charge >= 0.3 is 5.97 Å². The number of benzene rings is 2. The summed E-state index contributed by atoms with van der Waals surface area (Å²) in [6.45, 7) is -0.0345. The molecular formula is C16H16ClNO3. The first-order chi connectivity index (χ1) is 10.1. The van der Waals surface area contributed by atoms with Gasteiger partial charge in [-0.25, -0.2) is 4.79 Å². The Kier molecular flexibility index (Phi) is 5.20. The molecule has 0 aliphatic rings. The Morgan fingerprint density at radius 1 is 1.19 bits per heavy atom. The summed E-state index contributed by atoms with van der Waals surface area (Å²) in [5.74, 6) is -1.06. The molecular weight excluding hydrogens is 290 g/mol. The summed E-state index contributed by atoms with van der Waals surface area (Å²) in [6.07, 6.45) is 0.662. The third kappa shape index (κ3) is 4.21. The summed E-state index contributed by atoms with van der Waals surface area (Å²) in [5.41, 5.74) is 1.85. The van der Waals surface area contributed by atoms with E-state index < -0.39 is 5.97 Å². The van der Waals surface area contributed by atoms with Crippen LogP contribution in [-0.2, 0) is 6.42 Å². The fraction of sp³-hybridized carbons (Fsp3) is 0.188. The molecule has 2 rings (SSSR count). The molecule has 2 aromatic rings. The average Bonchev–Trinajstić information content (AvgIpc) is 2.47. The zero-order chi connectivity index (χ0) is 15.2. The van der Waals surface area contributed by atoms with Crippen molar-refractivity contribution in [3.63, 3.8) is 0 Å². The minimum Gasteiger partial charge on any atom is -0.478 e. The average molecular weight is 306 g/mol. The van der Waals surface area contributed by atoms with Gasteiger partial charge in [0.15, 0.2) is 0 Å². The molecule has 0 saturated carbocycles. The molecule has 21 heavy (non-hydrogen) atoms. The van der Waals surface area contributed by atoms with Crippen LogP contribution in [0.25, 0.3) is 0 Å². The van der Waals surface area contributed by atoms with Gasteiger partial charge in [0.25, 0.3) is 0 Å². The second kappa shape index (κ2) is 7.11. The number of carboxylic acids is 1. The lowest BCUT2D eigenvalue weighted by Gasteiger charge is -2.18. The van der Waals surface area contributed by atoms with Crippen molar-refractivity contribution in [1.29, 1.82) is 0 Å². The monoisotopic (exact) mass is 305 g/mol. The molecule has 1 atom stereocenters. The highest BCUT2D eigenvalue weighted by atomic mass is 35.5. The molecule has 0 aliphatic carbocycles. The number of hydrogen-bond donors (Lipinski definition) is 3. The van der Waals surface area contributed by atoms with Crippen molar-refractivity contribution in [2.45, 2.75) is 12.5 Å². The fourth-order valence-corrected chi connectivity index (χ4v) is 2.34. The van der Waals surface area contributed by atoms with Crippen molar-refractivity contribution in [3.05, 3.63) is 64.7 Å². The molecule has 2 aromatic carbocycles. The maximum atomic E-state index is 10.9. The highest BCUT2D eigenvalue weighted by Crippen LogP contribution is 2.22. The van der Waals surface area contributed by atoms with E-state index in [4.69, 9.17) is 16.7 Å². The third-order valence-electron chi connectivity index (χ3n) is 3.12. The minimum absolute atomic E-state index is 0.0345. The molecule has 1 unspecified atom stereocenters. The van der Waals surface area contributed by atoms with E-state index in [2.05, 4.69) is 5.32 Å². The van der Waals surface area contributed by atoms with Gasteiger partial charge in [0, 0.05) is 5.69 Å². The van der Waals surface area contributed by atoms with E-state index in [0.717, 1.165) is 5.56 Å². The molecule has 0 heterocycles. The van der Waals surface area contributed by atoms with Crippen LogP contribution in [0.2, 0.25) is 5.02 Å². The molecule has 0 radical (unpaired) electrons. The van der Waals surface area contributed by atoms with Gasteiger partial charge in [-0.1, -0.05) is 41.9 Å². The van der Waals surface area contributed by atoms with Crippen molar-refractivity contribution in [1.82, 2.24) is 0 Å². The molecule has 0 saturated heterocycles. The SMILES string of the molecule is O=C(O)c1ccc(NC(CO)Cc2ccccc2)cc1Cl. The first-order valence-corrected chi connectivity index (χ1v) is 6.92. The molecule has 110 valence electrons. The highest BCUT2D eigenvalue weighted by Gasteiger charge is 2.12. The number of carboxylic acid groups (broad SMARTS) is 1. The Bertz CT molecular complexity index is 616. The topological polar surface area (TPSA) is 69.6 Å². The van der Waals surface area contributed by atoms with E-state index >= 15 is 0 Å². The number of anilines is 1. The summed E-state index contributed by atoms with van der Waals surface area (Å²) in [6, 6.07) is 14.3. The summed E-state index contributed by atoms with van der Waals surface area (Å²) >= 11 is 5.93. The maximum absolute atomic E-state index is 10.9. The quantitative estimate of drug-likeness (QED) is 0.767. The van der Waals surface area contributed by atoms with E-state index in [9.17, 15) is 9.90 Å². The van der Waals surface area contributed by atoms with E-state index in [0.29, 0.717) is 12.1 Å². The second-order valence-electron chi connectivity index (χ2n) is 4.71. The van der Waals surface area contributed by atoms with Crippen LogP contribution in [0.15, 0.2) is 48.5 Å². The van der Waals surface area contributed by atoms with E-state index in [1.165, 1.54) is 6.07 Å². The van der Waals surface area contributed by atoms with Gasteiger partial charge in [0.05, 0.1) is 23.2 Å². The smallest absolute Gasteiger partial charge is 0.337 e. The van der Waals surface area contributed by atoms with Crippen LogP contribution in [0.3, 0.4) is 0 Å². The molecule has 0 aliphatic heterocycles. The van der Waals surface area contributed by atoms with Crippen LogP contribution in [0.4, 0.5) is 5.69 Å². The molecule has 0 fully saturated rings. The number of aliphatic hydroxyl groups excluding tert-OH is 1. The van der Waals surface area contributed by atoms with Crippen LogP contribution >= 0.6 is 11.6 Å². The molecule has 0 bridgehead atoms. The summed E-state index contributed by atoms with van der Waals surface area (Å²) < 4.78 is 0. The van der Waals surface area contributed by atoms with Crippen molar-refractivity contribution in [2.75, 3.05) is 11.9 Å². The highest BCUT2D eigenvalue weighted by molar-refractivity contribution is 6.33. The van der Waals surface area contributed by atoms with Crippen molar-refractivity contribution >= 4 is 23.3 Å². The number of rotatable bonds is 6. The third-order valence-corrected chi connectivity index (χ3v) is 3.43. The van der Waals surface area contributed by atoms with Crippen molar-refractivity contribution in [3.8, 4) is 0 Å². The summed E-state index contributed by atoms with van der Waals surface area (Å²) in [4.78, 5) is 10.9. The minimum atomic E-state index is -1.06. The van der Waals surface area contributed by atoms with Crippen LogP contribution in [0, 0.1) is 0 Å². The second-order valence-corrected chi connectivity index (χ2v) is 5.12. The number of aromatic carboxylic acids is 1. The standard InChI is InChI=1S/C16H16ClNO3/c17-15-9-12(6-7-14(15)16(20)21)18-13(10-19)8-11-4-2-1-3-5-11/h1-7,9,13,18-19H,8,10H2,(H,20,21). The lowest BCUT2D eigenvalue weighted by molar-refractivity contribution is 0.0697.